The summed E-state index contributed by atoms with van der Waals surface area (Å²) in [6, 6.07) is 5.14. The molecule has 0 spiro atoms. The SMILES string of the molecule is CCn1cc(CN)c2ccc(C(=O)O)cc21. The van der Waals surface area contributed by atoms with E-state index in [9.17, 15) is 4.79 Å². The lowest BCUT2D eigenvalue weighted by Gasteiger charge is -2.01. The van der Waals surface area contributed by atoms with Crippen molar-refractivity contribution < 1.29 is 9.90 Å². The summed E-state index contributed by atoms with van der Waals surface area (Å²) in [6.45, 7) is 3.29. The standard InChI is InChI=1S/C12H14N2O2/c1-2-14-7-9(6-13)10-4-3-8(12(15)16)5-11(10)14/h3-5,7H,2,6,13H2,1H3,(H,15,16). The van der Waals surface area contributed by atoms with E-state index in [4.69, 9.17) is 10.8 Å². The summed E-state index contributed by atoms with van der Waals surface area (Å²) >= 11 is 0. The van der Waals surface area contributed by atoms with Gasteiger partial charge in [0.2, 0.25) is 0 Å². The number of rotatable bonds is 3. The Labute approximate surface area is 93.3 Å². The molecule has 0 radical (unpaired) electrons. The van der Waals surface area contributed by atoms with E-state index in [1.165, 1.54) is 0 Å². The largest absolute Gasteiger partial charge is 0.478 e. The van der Waals surface area contributed by atoms with Gasteiger partial charge in [0.15, 0.2) is 0 Å². The van der Waals surface area contributed by atoms with E-state index in [0.717, 1.165) is 23.0 Å². The number of carboxylic acids is 1. The van der Waals surface area contributed by atoms with Gasteiger partial charge < -0.3 is 15.4 Å². The molecular formula is C12H14N2O2. The Kier molecular flexibility index (Phi) is 2.66. The summed E-state index contributed by atoms with van der Waals surface area (Å²) in [6.07, 6.45) is 1.98. The van der Waals surface area contributed by atoms with Gasteiger partial charge in [-0.2, -0.15) is 0 Å². The Morgan fingerprint density at radius 2 is 2.25 bits per heavy atom. The molecule has 4 heteroatoms. The second-order valence-corrected chi connectivity index (χ2v) is 3.68. The predicted octanol–water partition coefficient (Wildman–Crippen LogP) is 1.82. The zero-order valence-corrected chi connectivity index (χ0v) is 9.10. The lowest BCUT2D eigenvalue weighted by atomic mass is 10.1. The quantitative estimate of drug-likeness (QED) is 0.825. The summed E-state index contributed by atoms with van der Waals surface area (Å²) in [5.41, 5.74) is 7.94. The van der Waals surface area contributed by atoms with Crippen LogP contribution < -0.4 is 5.73 Å². The fourth-order valence-electron chi connectivity index (χ4n) is 1.93. The molecule has 1 aromatic heterocycles. The average molecular weight is 218 g/mol. The number of carboxylic acid groups (broad SMARTS) is 1. The highest BCUT2D eigenvalue weighted by Crippen LogP contribution is 2.22. The fraction of sp³-hybridized carbons (Fsp3) is 0.250. The van der Waals surface area contributed by atoms with Gasteiger partial charge in [-0.15, -0.1) is 0 Å². The highest BCUT2D eigenvalue weighted by molar-refractivity contribution is 5.94. The van der Waals surface area contributed by atoms with Crippen molar-refractivity contribution in [1.82, 2.24) is 4.57 Å². The van der Waals surface area contributed by atoms with Crippen LogP contribution in [-0.4, -0.2) is 15.6 Å². The van der Waals surface area contributed by atoms with Crippen molar-refractivity contribution in [3.05, 3.63) is 35.5 Å². The van der Waals surface area contributed by atoms with Crippen molar-refractivity contribution in [2.45, 2.75) is 20.0 Å². The van der Waals surface area contributed by atoms with Crippen LogP contribution in [0.15, 0.2) is 24.4 Å². The summed E-state index contributed by atoms with van der Waals surface area (Å²) in [5, 5.41) is 9.97. The minimum atomic E-state index is -0.903. The molecule has 4 nitrogen and oxygen atoms in total. The number of aromatic carboxylic acids is 1. The van der Waals surface area contributed by atoms with Crippen LogP contribution in [0.4, 0.5) is 0 Å². The zero-order chi connectivity index (χ0) is 11.7. The monoisotopic (exact) mass is 218 g/mol. The summed E-state index contributed by atoms with van der Waals surface area (Å²) < 4.78 is 2.02. The molecule has 0 atom stereocenters. The zero-order valence-electron chi connectivity index (χ0n) is 9.10. The molecule has 2 rings (SSSR count). The minimum absolute atomic E-state index is 0.309. The Bertz CT molecular complexity index is 543. The smallest absolute Gasteiger partial charge is 0.335 e. The average Bonchev–Trinajstić information content (AvgIpc) is 2.65. The van der Waals surface area contributed by atoms with Crippen molar-refractivity contribution in [2.75, 3.05) is 0 Å². The molecule has 1 heterocycles. The number of fused-ring (bicyclic) bond motifs is 1. The van der Waals surface area contributed by atoms with Gasteiger partial charge in [-0.3, -0.25) is 0 Å². The second-order valence-electron chi connectivity index (χ2n) is 3.68. The van der Waals surface area contributed by atoms with Gasteiger partial charge in [0.05, 0.1) is 5.56 Å². The highest BCUT2D eigenvalue weighted by Gasteiger charge is 2.09. The first-order valence-electron chi connectivity index (χ1n) is 5.22. The molecule has 0 aliphatic rings. The number of hydrogen-bond acceptors (Lipinski definition) is 2. The molecule has 3 N–H and O–H groups in total. The normalized spacial score (nSPS) is 10.9. The Morgan fingerprint density at radius 1 is 1.50 bits per heavy atom. The third-order valence-electron chi connectivity index (χ3n) is 2.77. The first kappa shape index (κ1) is 10.7. The van der Waals surface area contributed by atoms with Gasteiger partial charge in [0, 0.05) is 30.2 Å². The van der Waals surface area contributed by atoms with E-state index in [2.05, 4.69) is 0 Å². The van der Waals surface area contributed by atoms with Gasteiger partial charge in [-0.05, 0) is 24.6 Å². The van der Waals surface area contributed by atoms with E-state index in [1.54, 1.807) is 12.1 Å². The van der Waals surface area contributed by atoms with Crippen LogP contribution in [0.2, 0.25) is 0 Å². The molecule has 0 amide bonds. The Morgan fingerprint density at radius 3 is 2.81 bits per heavy atom. The third kappa shape index (κ3) is 1.57. The Balaban J connectivity index is 2.71. The molecule has 1 aromatic carbocycles. The van der Waals surface area contributed by atoms with Crippen LogP contribution in [0.3, 0.4) is 0 Å². The maximum Gasteiger partial charge on any atom is 0.335 e. The van der Waals surface area contributed by atoms with Crippen LogP contribution in [0, 0.1) is 0 Å². The van der Waals surface area contributed by atoms with E-state index in [1.807, 2.05) is 23.8 Å². The maximum absolute atomic E-state index is 10.9. The van der Waals surface area contributed by atoms with Crippen LogP contribution in [0.5, 0.6) is 0 Å². The molecule has 16 heavy (non-hydrogen) atoms. The molecule has 0 aliphatic carbocycles. The fourth-order valence-corrected chi connectivity index (χ4v) is 1.93. The molecule has 0 bridgehead atoms. The number of carbonyl (C=O) groups is 1. The highest BCUT2D eigenvalue weighted by atomic mass is 16.4. The van der Waals surface area contributed by atoms with Gasteiger partial charge in [-0.1, -0.05) is 6.07 Å². The van der Waals surface area contributed by atoms with E-state index >= 15 is 0 Å². The lowest BCUT2D eigenvalue weighted by Crippen LogP contribution is -1.97. The lowest BCUT2D eigenvalue weighted by molar-refractivity contribution is 0.0697. The summed E-state index contributed by atoms with van der Waals surface area (Å²) in [5.74, 6) is -0.903. The van der Waals surface area contributed by atoms with Crippen LogP contribution >= 0.6 is 0 Å². The molecule has 2 aromatic rings. The number of nitrogens with zero attached hydrogens (tertiary/aromatic N) is 1. The number of nitrogens with two attached hydrogens (primary N) is 1. The van der Waals surface area contributed by atoms with E-state index in [-0.39, 0.29) is 0 Å². The molecule has 0 fully saturated rings. The number of aromatic nitrogens is 1. The van der Waals surface area contributed by atoms with Gasteiger partial charge in [-0.25, -0.2) is 4.79 Å². The van der Waals surface area contributed by atoms with Crippen LogP contribution in [0.25, 0.3) is 10.9 Å². The van der Waals surface area contributed by atoms with Crippen molar-refractivity contribution >= 4 is 16.9 Å². The molecule has 0 aliphatic heterocycles. The molecular weight excluding hydrogens is 204 g/mol. The predicted molar refractivity (Wildman–Crippen MR) is 62.5 cm³/mol. The van der Waals surface area contributed by atoms with Crippen LogP contribution in [0.1, 0.15) is 22.8 Å². The first-order valence-corrected chi connectivity index (χ1v) is 5.22. The van der Waals surface area contributed by atoms with Crippen molar-refractivity contribution in [1.29, 1.82) is 0 Å². The second kappa shape index (κ2) is 3.98. The number of hydrogen-bond donors (Lipinski definition) is 2. The van der Waals surface area contributed by atoms with Crippen LogP contribution in [-0.2, 0) is 13.1 Å². The maximum atomic E-state index is 10.9. The molecule has 0 saturated carbocycles. The van der Waals surface area contributed by atoms with E-state index < -0.39 is 5.97 Å². The topological polar surface area (TPSA) is 68.2 Å². The van der Waals surface area contributed by atoms with Gasteiger partial charge in [0.1, 0.15) is 0 Å². The van der Waals surface area contributed by atoms with Gasteiger partial charge >= 0.3 is 5.97 Å². The molecule has 84 valence electrons. The molecule has 0 unspecified atom stereocenters. The number of aryl methyl sites for hydroxylation is 1. The van der Waals surface area contributed by atoms with Crippen molar-refractivity contribution in [2.24, 2.45) is 5.73 Å². The summed E-state index contributed by atoms with van der Waals surface area (Å²) in [4.78, 5) is 10.9. The molecule has 0 saturated heterocycles. The first-order chi connectivity index (χ1) is 7.67. The number of benzene rings is 1. The van der Waals surface area contributed by atoms with Gasteiger partial charge in [0.25, 0.3) is 0 Å². The van der Waals surface area contributed by atoms with Crippen molar-refractivity contribution in [3.8, 4) is 0 Å². The third-order valence-corrected chi connectivity index (χ3v) is 2.77. The van der Waals surface area contributed by atoms with E-state index in [0.29, 0.717) is 12.1 Å². The summed E-state index contributed by atoms with van der Waals surface area (Å²) in [7, 11) is 0. The minimum Gasteiger partial charge on any atom is -0.478 e. The Hall–Kier alpha value is -1.81. The van der Waals surface area contributed by atoms with Crippen molar-refractivity contribution in [3.63, 3.8) is 0 Å².